The van der Waals surface area contributed by atoms with Crippen LogP contribution in [0.4, 0.5) is 0 Å². The molecule has 0 aromatic rings. The maximum absolute atomic E-state index is 12.3. The van der Waals surface area contributed by atoms with Gasteiger partial charge in [0, 0.05) is 25.6 Å². The molecule has 1 aliphatic carbocycles. The van der Waals surface area contributed by atoms with Gasteiger partial charge in [-0.15, -0.1) is 0 Å². The van der Waals surface area contributed by atoms with E-state index in [9.17, 15) is 14.7 Å². The molecule has 0 aromatic heterocycles. The molecule has 2 aliphatic rings. The molecule has 0 radical (unpaired) electrons. The van der Waals surface area contributed by atoms with Gasteiger partial charge in [-0.05, 0) is 32.1 Å². The fraction of sp³-hybridized carbons (Fsp3) is 0.857. The summed E-state index contributed by atoms with van der Waals surface area (Å²) in [4.78, 5) is 25.5. The lowest BCUT2D eigenvalue weighted by Gasteiger charge is -2.44. The van der Waals surface area contributed by atoms with Crippen molar-refractivity contribution in [2.24, 2.45) is 11.8 Å². The number of hydrogen-bond acceptors (Lipinski definition) is 3. The van der Waals surface area contributed by atoms with Gasteiger partial charge in [0.2, 0.25) is 5.91 Å². The minimum absolute atomic E-state index is 0.0872. The van der Waals surface area contributed by atoms with Crippen molar-refractivity contribution in [1.82, 2.24) is 4.90 Å². The van der Waals surface area contributed by atoms with Crippen LogP contribution in [0.2, 0.25) is 0 Å². The van der Waals surface area contributed by atoms with E-state index >= 15 is 0 Å². The summed E-state index contributed by atoms with van der Waals surface area (Å²) in [5.41, 5.74) is 0. The van der Waals surface area contributed by atoms with Crippen LogP contribution in [-0.2, 0) is 14.3 Å². The van der Waals surface area contributed by atoms with Crippen LogP contribution in [0.1, 0.15) is 39.5 Å². The van der Waals surface area contributed by atoms with Crippen LogP contribution in [0.5, 0.6) is 0 Å². The van der Waals surface area contributed by atoms with Gasteiger partial charge in [-0.3, -0.25) is 9.59 Å². The highest BCUT2D eigenvalue weighted by molar-refractivity contribution is 5.82. The van der Waals surface area contributed by atoms with Crippen molar-refractivity contribution in [2.75, 3.05) is 7.11 Å². The maximum Gasteiger partial charge on any atom is 0.308 e. The number of rotatable bonds is 3. The summed E-state index contributed by atoms with van der Waals surface area (Å²) in [6.07, 6.45) is 3.23. The van der Waals surface area contributed by atoms with Crippen LogP contribution in [-0.4, -0.2) is 47.2 Å². The lowest BCUT2D eigenvalue weighted by atomic mass is 9.80. The van der Waals surface area contributed by atoms with E-state index in [1.54, 1.807) is 7.11 Å². The second-order valence-electron chi connectivity index (χ2n) is 5.91. The normalized spacial score (nSPS) is 39.6. The van der Waals surface area contributed by atoms with Crippen molar-refractivity contribution in [1.29, 1.82) is 0 Å². The van der Waals surface area contributed by atoms with E-state index in [0.29, 0.717) is 6.42 Å². The van der Waals surface area contributed by atoms with Gasteiger partial charge in [-0.1, -0.05) is 6.92 Å². The Bertz CT molecular complexity index is 370. The van der Waals surface area contributed by atoms with E-state index in [1.165, 1.54) is 0 Å². The molecule has 5 nitrogen and oxygen atoms in total. The third kappa shape index (κ3) is 2.61. The Balaban J connectivity index is 2.15. The van der Waals surface area contributed by atoms with Gasteiger partial charge in [0.05, 0.1) is 12.0 Å². The molecule has 1 saturated carbocycles. The van der Waals surface area contributed by atoms with Crippen LogP contribution in [0.15, 0.2) is 0 Å². The molecule has 5 heteroatoms. The Labute approximate surface area is 113 Å². The van der Waals surface area contributed by atoms with Crippen molar-refractivity contribution in [3.05, 3.63) is 0 Å². The molecule has 0 bridgehead atoms. The number of hydrogen-bond donors (Lipinski definition) is 1. The Morgan fingerprint density at radius 1 is 1.37 bits per heavy atom. The third-order valence-electron chi connectivity index (χ3n) is 4.72. The number of ether oxygens (including phenoxy) is 1. The third-order valence-corrected chi connectivity index (χ3v) is 4.72. The first-order valence-corrected chi connectivity index (χ1v) is 7.02. The number of carboxylic acid groups (broad SMARTS) is 1. The van der Waals surface area contributed by atoms with E-state index in [0.717, 1.165) is 19.3 Å². The summed E-state index contributed by atoms with van der Waals surface area (Å²) >= 11 is 0. The van der Waals surface area contributed by atoms with Gasteiger partial charge in [0.1, 0.15) is 0 Å². The number of piperidine rings is 1. The van der Waals surface area contributed by atoms with E-state index in [2.05, 4.69) is 0 Å². The Morgan fingerprint density at radius 2 is 2.05 bits per heavy atom. The molecule has 19 heavy (non-hydrogen) atoms. The molecular formula is C14H23NO4. The zero-order chi connectivity index (χ0) is 14.2. The number of carboxylic acids is 1. The highest BCUT2D eigenvalue weighted by atomic mass is 16.5. The van der Waals surface area contributed by atoms with Crippen molar-refractivity contribution < 1.29 is 19.4 Å². The molecule has 2 rings (SSSR count). The first-order chi connectivity index (χ1) is 8.95. The number of carbonyl (C=O) groups excluding carboxylic acids is 1. The number of aliphatic carboxylic acids is 1. The standard InChI is InChI=1S/C14H23NO4/c1-8-6-12(16)15(9(2)13(8)14(17)18)10-4-5-11(7-10)19-3/h8-11,13H,4-7H2,1-3H3,(H,17,18). The van der Waals surface area contributed by atoms with Crippen LogP contribution >= 0.6 is 0 Å². The molecule has 5 unspecified atom stereocenters. The fourth-order valence-corrected chi connectivity index (χ4v) is 3.75. The molecule has 1 N–H and O–H groups in total. The monoisotopic (exact) mass is 269 g/mol. The molecule has 1 heterocycles. The van der Waals surface area contributed by atoms with Gasteiger partial charge >= 0.3 is 5.97 Å². The predicted molar refractivity (Wildman–Crippen MR) is 69.7 cm³/mol. The molecule has 1 aliphatic heterocycles. The Hall–Kier alpha value is -1.10. The largest absolute Gasteiger partial charge is 0.481 e. The first-order valence-electron chi connectivity index (χ1n) is 7.02. The smallest absolute Gasteiger partial charge is 0.308 e. The predicted octanol–water partition coefficient (Wildman–Crippen LogP) is 1.51. The summed E-state index contributed by atoms with van der Waals surface area (Å²) in [5.74, 6) is -1.24. The average molecular weight is 269 g/mol. The molecule has 5 atom stereocenters. The van der Waals surface area contributed by atoms with Gasteiger partial charge < -0.3 is 14.7 Å². The van der Waals surface area contributed by atoms with Crippen LogP contribution in [0, 0.1) is 11.8 Å². The molecular weight excluding hydrogens is 246 g/mol. The summed E-state index contributed by atoms with van der Waals surface area (Å²) in [6, 6.07) is -0.0869. The van der Waals surface area contributed by atoms with Crippen molar-refractivity contribution in [2.45, 2.75) is 57.7 Å². The van der Waals surface area contributed by atoms with Crippen molar-refractivity contribution >= 4 is 11.9 Å². The maximum atomic E-state index is 12.3. The van der Waals surface area contributed by atoms with Crippen molar-refractivity contribution in [3.8, 4) is 0 Å². The van der Waals surface area contributed by atoms with E-state index in [1.807, 2.05) is 18.7 Å². The molecule has 1 saturated heterocycles. The number of likely N-dealkylation sites (tertiary alicyclic amines) is 1. The second kappa shape index (κ2) is 5.49. The SMILES string of the molecule is COC1CCC(N2C(=O)CC(C)C(C(=O)O)C2C)C1. The second-order valence-corrected chi connectivity index (χ2v) is 5.91. The van der Waals surface area contributed by atoms with Crippen LogP contribution < -0.4 is 0 Å². The highest BCUT2D eigenvalue weighted by Crippen LogP contribution is 2.36. The number of carbonyl (C=O) groups is 2. The fourth-order valence-electron chi connectivity index (χ4n) is 3.75. The minimum atomic E-state index is -0.793. The average Bonchev–Trinajstić information content (AvgIpc) is 2.76. The van der Waals surface area contributed by atoms with E-state index in [-0.39, 0.29) is 30.0 Å². The van der Waals surface area contributed by atoms with Crippen LogP contribution in [0.25, 0.3) is 0 Å². The lowest BCUT2D eigenvalue weighted by Crippen LogP contribution is -2.56. The van der Waals surface area contributed by atoms with Crippen LogP contribution in [0.3, 0.4) is 0 Å². The molecule has 0 aromatic carbocycles. The number of nitrogens with zero attached hydrogens (tertiary/aromatic N) is 1. The molecule has 1 amide bonds. The zero-order valence-electron chi connectivity index (χ0n) is 11.8. The minimum Gasteiger partial charge on any atom is -0.481 e. The summed E-state index contributed by atoms with van der Waals surface area (Å²) in [5, 5.41) is 9.36. The molecule has 108 valence electrons. The van der Waals surface area contributed by atoms with E-state index in [4.69, 9.17) is 4.74 Å². The quantitative estimate of drug-likeness (QED) is 0.843. The summed E-state index contributed by atoms with van der Waals surface area (Å²) in [7, 11) is 1.69. The first kappa shape index (κ1) is 14.3. The number of methoxy groups -OCH3 is 1. The number of amides is 1. The van der Waals surface area contributed by atoms with E-state index < -0.39 is 11.9 Å². The molecule has 2 fully saturated rings. The lowest BCUT2D eigenvalue weighted by molar-refractivity contribution is -0.156. The Kier molecular flexibility index (Phi) is 4.13. The summed E-state index contributed by atoms with van der Waals surface area (Å²) < 4.78 is 5.34. The van der Waals surface area contributed by atoms with Crippen molar-refractivity contribution in [3.63, 3.8) is 0 Å². The summed E-state index contributed by atoms with van der Waals surface area (Å²) in [6.45, 7) is 3.73. The zero-order valence-corrected chi connectivity index (χ0v) is 11.8. The van der Waals surface area contributed by atoms with Gasteiger partial charge in [0.25, 0.3) is 0 Å². The van der Waals surface area contributed by atoms with Gasteiger partial charge in [0.15, 0.2) is 0 Å². The topological polar surface area (TPSA) is 66.8 Å². The Morgan fingerprint density at radius 3 is 2.58 bits per heavy atom. The van der Waals surface area contributed by atoms with Gasteiger partial charge in [-0.2, -0.15) is 0 Å². The van der Waals surface area contributed by atoms with Gasteiger partial charge in [-0.25, -0.2) is 0 Å². The molecule has 0 spiro atoms. The highest BCUT2D eigenvalue weighted by Gasteiger charge is 2.45.